The maximum Gasteiger partial charge on any atom is 0.188 e. The Kier molecular flexibility index (Phi) is 7.29. The van der Waals surface area contributed by atoms with E-state index in [1.807, 2.05) is 25.1 Å². The molecule has 1 rings (SSSR count). The van der Waals surface area contributed by atoms with Crippen molar-refractivity contribution in [3.63, 3.8) is 0 Å². The second kappa shape index (κ2) is 8.97. The van der Waals surface area contributed by atoms with Crippen LogP contribution in [0.3, 0.4) is 0 Å². The van der Waals surface area contributed by atoms with Gasteiger partial charge in [0.15, 0.2) is 17.5 Å². The summed E-state index contributed by atoms with van der Waals surface area (Å²) in [4.78, 5) is 4.35. The summed E-state index contributed by atoms with van der Waals surface area (Å²) in [6, 6.07) is 5.97. The average Bonchev–Trinajstić information content (AvgIpc) is 2.50. The van der Waals surface area contributed by atoms with E-state index in [9.17, 15) is 0 Å². The summed E-state index contributed by atoms with van der Waals surface area (Å²) in [5.41, 5.74) is 8.02. The molecule has 5 nitrogen and oxygen atoms in total. The van der Waals surface area contributed by atoms with Crippen molar-refractivity contribution in [2.24, 2.45) is 16.6 Å². The number of benzene rings is 1. The maximum absolute atomic E-state index is 5.81. The Morgan fingerprint density at radius 3 is 2.59 bits per heavy atom. The molecule has 0 radical (unpaired) electrons. The molecule has 1 atom stereocenters. The summed E-state index contributed by atoms with van der Waals surface area (Å²) in [7, 11) is 3.28. The first kappa shape index (κ1) is 17.9. The van der Waals surface area contributed by atoms with Gasteiger partial charge in [-0.05, 0) is 37.0 Å². The Balaban J connectivity index is 2.56. The van der Waals surface area contributed by atoms with Crippen molar-refractivity contribution in [3.8, 4) is 11.5 Å². The Labute approximate surface area is 133 Å². The Morgan fingerprint density at radius 2 is 2.00 bits per heavy atom. The van der Waals surface area contributed by atoms with E-state index >= 15 is 0 Å². The van der Waals surface area contributed by atoms with Gasteiger partial charge in [-0.3, -0.25) is 4.99 Å². The van der Waals surface area contributed by atoms with Crippen LogP contribution in [-0.2, 0) is 6.42 Å². The van der Waals surface area contributed by atoms with E-state index in [0.717, 1.165) is 23.5 Å². The molecular weight excluding hydrogens is 278 g/mol. The number of methoxy groups -OCH3 is 2. The molecule has 0 spiro atoms. The lowest BCUT2D eigenvalue weighted by Gasteiger charge is -2.13. The first-order valence-electron chi connectivity index (χ1n) is 7.35. The molecule has 1 aromatic rings. The molecule has 0 aliphatic carbocycles. The van der Waals surface area contributed by atoms with Gasteiger partial charge < -0.3 is 20.5 Å². The van der Waals surface area contributed by atoms with E-state index in [1.54, 1.807) is 14.2 Å². The molecule has 0 fully saturated rings. The van der Waals surface area contributed by atoms with Crippen LogP contribution in [-0.4, -0.2) is 33.3 Å². The number of ether oxygens (including phenoxy) is 2. The van der Waals surface area contributed by atoms with E-state index in [4.69, 9.17) is 15.2 Å². The smallest absolute Gasteiger partial charge is 0.188 e. The summed E-state index contributed by atoms with van der Waals surface area (Å²) in [5.74, 6) is 2.33. The van der Waals surface area contributed by atoms with Crippen LogP contribution in [0.4, 0.5) is 0 Å². The number of aliphatic imine (C=N–C) groups is 1. The summed E-state index contributed by atoms with van der Waals surface area (Å²) in [5, 5.41) is 3.03. The van der Waals surface area contributed by atoms with Crippen molar-refractivity contribution in [1.82, 2.24) is 5.32 Å². The molecule has 0 bridgehead atoms. The van der Waals surface area contributed by atoms with Gasteiger partial charge in [-0.2, -0.15) is 0 Å². The van der Waals surface area contributed by atoms with Gasteiger partial charge in [0.1, 0.15) is 0 Å². The van der Waals surface area contributed by atoms with Crippen LogP contribution in [0.2, 0.25) is 0 Å². The lowest BCUT2D eigenvalue weighted by molar-refractivity contribution is 0.354. The fourth-order valence-electron chi connectivity index (χ4n) is 2.03. The second-order valence-corrected chi connectivity index (χ2v) is 5.54. The normalized spacial score (nSPS) is 12.6. The first-order valence-corrected chi connectivity index (χ1v) is 7.35. The Morgan fingerprint density at radius 1 is 1.32 bits per heavy atom. The van der Waals surface area contributed by atoms with Gasteiger partial charge in [-0.1, -0.05) is 25.1 Å². The fraction of sp³-hybridized carbons (Fsp3) is 0.471. The minimum Gasteiger partial charge on any atom is -0.493 e. The first-order chi connectivity index (χ1) is 10.5. The van der Waals surface area contributed by atoms with Crippen molar-refractivity contribution >= 4 is 5.96 Å². The number of nitrogens with one attached hydrogen (secondary N) is 1. The van der Waals surface area contributed by atoms with Crippen LogP contribution in [0.25, 0.3) is 0 Å². The standard InChI is InChI=1S/C17H27N3O2/c1-12(2)10-19-17(18)20-11-13(3)8-14-6-7-15(21-4)16(9-14)22-5/h6-7,9,13H,1,8,10-11H2,2-5H3,(H3,18,19,20). The number of nitrogens with zero attached hydrogens (tertiary/aromatic N) is 1. The lowest BCUT2D eigenvalue weighted by atomic mass is 10.0. The molecular formula is C17H27N3O2. The van der Waals surface area contributed by atoms with Gasteiger partial charge in [0.05, 0.1) is 14.2 Å². The summed E-state index contributed by atoms with van der Waals surface area (Å²) in [6.07, 6.45) is 0.900. The number of nitrogens with two attached hydrogens (primary N) is 1. The van der Waals surface area contributed by atoms with E-state index in [1.165, 1.54) is 5.56 Å². The largest absolute Gasteiger partial charge is 0.493 e. The van der Waals surface area contributed by atoms with Crippen LogP contribution < -0.4 is 20.5 Å². The Hall–Kier alpha value is -2.17. The monoisotopic (exact) mass is 305 g/mol. The van der Waals surface area contributed by atoms with Gasteiger partial charge in [-0.15, -0.1) is 0 Å². The van der Waals surface area contributed by atoms with Crippen LogP contribution in [0.15, 0.2) is 35.3 Å². The minimum absolute atomic E-state index is 0.378. The number of hydrogen-bond donors (Lipinski definition) is 2. The van der Waals surface area contributed by atoms with Crippen molar-refractivity contribution in [2.45, 2.75) is 20.3 Å². The molecule has 1 unspecified atom stereocenters. The predicted molar refractivity (Wildman–Crippen MR) is 91.7 cm³/mol. The van der Waals surface area contributed by atoms with Gasteiger partial charge >= 0.3 is 0 Å². The van der Waals surface area contributed by atoms with Crippen LogP contribution >= 0.6 is 0 Å². The minimum atomic E-state index is 0.378. The molecule has 1 aromatic carbocycles. The van der Waals surface area contributed by atoms with Crippen molar-refractivity contribution in [2.75, 3.05) is 27.3 Å². The number of hydrogen-bond acceptors (Lipinski definition) is 3. The lowest BCUT2D eigenvalue weighted by Crippen LogP contribution is -2.33. The molecule has 0 aliphatic heterocycles. The molecule has 0 amide bonds. The predicted octanol–water partition coefficient (Wildman–Crippen LogP) is 2.36. The maximum atomic E-state index is 5.81. The molecule has 22 heavy (non-hydrogen) atoms. The molecule has 0 aliphatic rings. The third kappa shape index (κ3) is 6.08. The quantitative estimate of drug-likeness (QED) is 0.439. The van der Waals surface area contributed by atoms with E-state index in [2.05, 4.69) is 23.8 Å². The summed E-state index contributed by atoms with van der Waals surface area (Å²) < 4.78 is 10.6. The van der Waals surface area contributed by atoms with Crippen LogP contribution in [0.5, 0.6) is 11.5 Å². The fourth-order valence-corrected chi connectivity index (χ4v) is 2.03. The number of rotatable bonds is 8. The van der Waals surface area contributed by atoms with E-state index in [-0.39, 0.29) is 0 Å². The molecule has 5 heteroatoms. The summed E-state index contributed by atoms with van der Waals surface area (Å²) in [6.45, 7) is 9.23. The van der Waals surface area contributed by atoms with Gasteiger partial charge in [0.2, 0.25) is 0 Å². The third-order valence-electron chi connectivity index (χ3n) is 3.18. The zero-order valence-electron chi connectivity index (χ0n) is 14.0. The molecule has 3 N–H and O–H groups in total. The van der Waals surface area contributed by atoms with E-state index in [0.29, 0.717) is 25.0 Å². The molecule has 122 valence electrons. The SMILES string of the molecule is C=C(C)CNC(N)=NCC(C)Cc1ccc(OC)c(OC)c1. The molecule has 0 aromatic heterocycles. The summed E-state index contributed by atoms with van der Waals surface area (Å²) >= 11 is 0. The highest BCUT2D eigenvalue weighted by Gasteiger charge is 2.08. The van der Waals surface area contributed by atoms with Crippen molar-refractivity contribution < 1.29 is 9.47 Å². The third-order valence-corrected chi connectivity index (χ3v) is 3.18. The zero-order chi connectivity index (χ0) is 16.5. The highest BCUT2D eigenvalue weighted by molar-refractivity contribution is 5.78. The van der Waals surface area contributed by atoms with Crippen LogP contribution in [0, 0.1) is 5.92 Å². The van der Waals surface area contributed by atoms with Crippen molar-refractivity contribution in [1.29, 1.82) is 0 Å². The van der Waals surface area contributed by atoms with Gasteiger partial charge in [-0.25, -0.2) is 0 Å². The number of guanidine groups is 1. The van der Waals surface area contributed by atoms with Gasteiger partial charge in [0, 0.05) is 13.1 Å². The zero-order valence-corrected chi connectivity index (χ0v) is 14.0. The molecule has 0 heterocycles. The average molecular weight is 305 g/mol. The second-order valence-electron chi connectivity index (χ2n) is 5.54. The Bertz CT molecular complexity index is 527. The van der Waals surface area contributed by atoms with E-state index < -0.39 is 0 Å². The highest BCUT2D eigenvalue weighted by atomic mass is 16.5. The molecule has 0 saturated heterocycles. The van der Waals surface area contributed by atoms with Gasteiger partial charge in [0.25, 0.3) is 0 Å². The topological polar surface area (TPSA) is 68.9 Å². The molecule has 0 saturated carbocycles. The van der Waals surface area contributed by atoms with Crippen LogP contribution in [0.1, 0.15) is 19.4 Å². The van der Waals surface area contributed by atoms with Crippen molar-refractivity contribution in [3.05, 3.63) is 35.9 Å². The highest BCUT2D eigenvalue weighted by Crippen LogP contribution is 2.28.